The summed E-state index contributed by atoms with van der Waals surface area (Å²) < 4.78 is 0.533. The second-order valence-electron chi connectivity index (χ2n) is 4.79. The van der Waals surface area contributed by atoms with Crippen molar-refractivity contribution in [2.75, 3.05) is 5.75 Å². The fraction of sp³-hybridized carbons (Fsp3) is 1.00. The smallest absolute Gasteiger partial charge is 0.0180 e. The summed E-state index contributed by atoms with van der Waals surface area (Å²) in [6, 6.07) is 0. The van der Waals surface area contributed by atoms with Crippen LogP contribution in [0.2, 0.25) is 0 Å². The van der Waals surface area contributed by atoms with Crippen LogP contribution in [0.1, 0.15) is 47.0 Å². The molecule has 0 aromatic carbocycles. The van der Waals surface area contributed by atoms with Crippen molar-refractivity contribution in [2.45, 2.75) is 51.7 Å². The van der Waals surface area contributed by atoms with Gasteiger partial charge in [0.2, 0.25) is 0 Å². The minimum atomic E-state index is 0.470. The Hall–Kier alpha value is 0.350. The van der Waals surface area contributed by atoms with Gasteiger partial charge in [-0.05, 0) is 30.9 Å². The van der Waals surface area contributed by atoms with Crippen molar-refractivity contribution >= 4 is 11.8 Å². The summed E-state index contributed by atoms with van der Waals surface area (Å²) in [4.78, 5) is 0. The number of rotatable bonds is 0. The van der Waals surface area contributed by atoms with E-state index in [4.69, 9.17) is 0 Å². The lowest BCUT2D eigenvalue weighted by molar-refractivity contribution is 0.274. The predicted octanol–water partition coefficient (Wildman–Crippen LogP) is 3.71. The second-order valence-corrected chi connectivity index (χ2v) is 6.38. The SMILES string of the molecule is CC(C)(C)C1(C)CCCCS1. The second kappa shape index (κ2) is 3.01. The Balaban J connectivity index is 2.64. The molecule has 1 rings (SSSR count). The van der Waals surface area contributed by atoms with Crippen LogP contribution in [0, 0.1) is 5.41 Å². The molecule has 0 N–H and O–H groups in total. The van der Waals surface area contributed by atoms with Crippen molar-refractivity contribution < 1.29 is 0 Å². The standard InChI is InChI=1S/C10H20S/c1-9(2,3)10(4)7-5-6-8-11-10/h5-8H2,1-4H3. The van der Waals surface area contributed by atoms with Crippen LogP contribution in [0.3, 0.4) is 0 Å². The van der Waals surface area contributed by atoms with Gasteiger partial charge in [-0.25, -0.2) is 0 Å². The summed E-state index contributed by atoms with van der Waals surface area (Å²) in [5.41, 5.74) is 0.470. The molecule has 0 spiro atoms. The molecule has 1 heterocycles. The predicted molar refractivity (Wildman–Crippen MR) is 54.2 cm³/mol. The van der Waals surface area contributed by atoms with Gasteiger partial charge in [-0.2, -0.15) is 11.8 Å². The molecule has 1 aliphatic heterocycles. The molecule has 0 radical (unpaired) electrons. The van der Waals surface area contributed by atoms with E-state index in [0.717, 1.165) is 0 Å². The van der Waals surface area contributed by atoms with E-state index in [1.54, 1.807) is 0 Å². The quantitative estimate of drug-likeness (QED) is 0.537. The Bertz CT molecular complexity index is 126. The number of thioether (sulfide) groups is 1. The molecule has 1 fully saturated rings. The summed E-state index contributed by atoms with van der Waals surface area (Å²) in [6.07, 6.45) is 4.26. The van der Waals surface area contributed by atoms with Crippen molar-refractivity contribution in [3.63, 3.8) is 0 Å². The molecule has 0 aromatic rings. The van der Waals surface area contributed by atoms with Gasteiger partial charge in [0.25, 0.3) is 0 Å². The first-order chi connectivity index (χ1) is 4.96. The molecular formula is C10H20S. The van der Waals surface area contributed by atoms with Crippen molar-refractivity contribution in [3.8, 4) is 0 Å². The molecular weight excluding hydrogens is 152 g/mol. The molecule has 66 valence electrons. The molecule has 1 aliphatic rings. The van der Waals surface area contributed by atoms with E-state index in [9.17, 15) is 0 Å². The van der Waals surface area contributed by atoms with Crippen molar-refractivity contribution in [1.82, 2.24) is 0 Å². The molecule has 0 aromatic heterocycles. The van der Waals surface area contributed by atoms with Gasteiger partial charge in [0.05, 0.1) is 0 Å². The lowest BCUT2D eigenvalue weighted by Gasteiger charge is -2.44. The highest BCUT2D eigenvalue weighted by Crippen LogP contribution is 2.48. The highest BCUT2D eigenvalue weighted by molar-refractivity contribution is 8.00. The van der Waals surface area contributed by atoms with E-state index >= 15 is 0 Å². The van der Waals surface area contributed by atoms with E-state index in [2.05, 4.69) is 39.5 Å². The highest BCUT2D eigenvalue weighted by atomic mass is 32.2. The van der Waals surface area contributed by atoms with E-state index in [0.29, 0.717) is 10.2 Å². The zero-order valence-corrected chi connectivity index (χ0v) is 9.05. The minimum absolute atomic E-state index is 0.470. The Morgan fingerprint density at radius 3 is 2.09 bits per heavy atom. The van der Waals surface area contributed by atoms with Gasteiger partial charge in [-0.15, -0.1) is 0 Å². The Morgan fingerprint density at radius 1 is 1.18 bits per heavy atom. The van der Waals surface area contributed by atoms with Gasteiger partial charge in [0.15, 0.2) is 0 Å². The third kappa shape index (κ3) is 1.93. The van der Waals surface area contributed by atoms with Crippen LogP contribution in [0.5, 0.6) is 0 Å². The number of hydrogen-bond donors (Lipinski definition) is 0. The third-order valence-corrected chi connectivity index (χ3v) is 5.00. The van der Waals surface area contributed by atoms with Crippen molar-refractivity contribution in [1.29, 1.82) is 0 Å². The molecule has 11 heavy (non-hydrogen) atoms. The zero-order valence-electron chi connectivity index (χ0n) is 8.24. The maximum Gasteiger partial charge on any atom is 0.0180 e. The maximum absolute atomic E-state index is 2.43. The Morgan fingerprint density at radius 2 is 1.82 bits per heavy atom. The molecule has 1 heteroatoms. The first kappa shape index (κ1) is 9.44. The molecule has 0 nitrogen and oxygen atoms in total. The van der Waals surface area contributed by atoms with Gasteiger partial charge in [0, 0.05) is 4.75 Å². The van der Waals surface area contributed by atoms with E-state index in [1.807, 2.05) is 0 Å². The Kier molecular flexibility index (Phi) is 2.58. The monoisotopic (exact) mass is 172 g/mol. The average Bonchev–Trinajstić information content (AvgIpc) is 1.87. The molecule has 0 aliphatic carbocycles. The van der Waals surface area contributed by atoms with E-state index in [-0.39, 0.29) is 0 Å². The van der Waals surface area contributed by atoms with Crippen molar-refractivity contribution in [2.24, 2.45) is 5.41 Å². The van der Waals surface area contributed by atoms with Crippen LogP contribution in [0.15, 0.2) is 0 Å². The molecule has 0 amide bonds. The largest absolute Gasteiger partial charge is 0.155 e. The van der Waals surface area contributed by atoms with Crippen LogP contribution >= 0.6 is 11.8 Å². The fourth-order valence-electron chi connectivity index (χ4n) is 1.53. The van der Waals surface area contributed by atoms with Crippen LogP contribution in [-0.2, 0) is 0 Å². The van der Waals surface area contributed by atoms with E-state index in [1.165, 1.54) is 25.0 Å². The van der Waals surface area contributed by atoms with Crippen LogP contribution < -0.4 is 0 Å². The van der Waals surface area contributed by atoms with Gasteiger partial charge >= 0.3 is 0 Å². The normalized spacial score (nSPS) is 33.8. The average molecular weight is 172 g/mol. The highest BCUT2D eigenvalue weighted by Gasteiger charge is 2.38. The van der Waals surface area contributed by atoms with Crippen LogP contribution in [-0.4, -0.2) is 10.5 Å². The van der Waals surface area contributed by atoms with Gasteiger partial charge < -0.3 is 0 Å². The van der Waals surface area contributed by atoms with Gasteiger partial charge in [-0.1, -0.05) is 27.2 Å². The molecule has 1 atom stereocenters. The fourth-order valence-corrected chi connectivity index (χ4v) is 3.05. The van der Waals surface area contributed by atoms with E-state index < -0.39 is 0 Å². The molecule has 1 saturated heterocycles. The van der Waals surface area contributed by atoms with Gasteiger partial charge in [0.1, 0.15) is 0 Å². The van der Waals surface area contributed by atoms with Crippen LogP contribution in [0.25, 0.3) is 0 Å². The summed E-state index contributed by atoms with van der Waals surface area (Å²) in [5, 5.41) is 0. The lowest BCUT2D eigenvalue weighted by Crippen LogP contribution is -2.38. The number of hydrogen-bond acceptors (Lipinski definition) is 1. The summed E-state index contributed by atoms with van der Waals surface area (Å²) in [5.74, 6) is 1.37. The minimum Gasteiger partial charge on any atom is -0.155 e. The third-order valence-electron chi connectivity index (χ3n) is 3.06. The van der Waals surface area contributed by atoms with Gasteiger partial charge in [-0.3, -0.25) is 0 Å². The lowest BCUT2D eigenvalue weighted by atomic mass is 9.78. The van der Waals surface area contributed by atoms with Crippen molar-refractivity contribution in [3.05, 3.63) is 0 Å². The van der Waals surface area contributed by atoms with Crippen LogP contribution in [0.4, 0.5) is 0 Å². The summed E-state index contributed by atoms with van der Waals surface area (Å²) >= 11 is 2.17. The summed E-state index contributed by atoms with van der Waals surface area (Å²) in [6.45, 7) is 9.53. The maximum atomic E-state index is 2.43. The molecule has 0 bridgehead atoms. The Labute approximate surface area is 75.1 Å². The topological polar surface area (TPSA) is 0 Å². The summed E-state index contributed by atoms with van der Waals surface area (Å²) in [7, 11) is 0. The zero-order chi connectivity index (χ0) is 8.54. The molecule has 1 unspecified atom stereocenters. The first-order valence-corrected chi connectivity index (χ1v) is 5.58. The first-order valence-electron chi connectivity index (χ1n) is 4.60. The molecule has 0 saturated carbocycles.